The lowest BCUT2D eigenvalue weighted by Crippen LogP contribution is -2.13. The second kappa shape index (κ2) is 6.14. The molecule has 1 aromatic rings. The molecular formula is C13H12F3NO2. The van der Waals surface area contributed by atoms with Gasteiger partial charge in [0.1, 0.15) is 0 Å². The van der Waals surface area contributed by atoms with E-state index in [1.54, 1.807) is 6.92 Å². The summed E-state index contributed by atoms with van der Waals surface area (Å²) < 4.78 is 37.8. The maximum Gasteiger partial charge on any atom is 0.417 e. The molecule has 0 atom stereocenters. The van der Waals surface area contributed by atoms with E-state index < -0.39 is 23.3 Å². The fraction of sp³-hybridized carbons (Fsp3) is 0.308. The first kappa shape index (κ1) is 14.9. The molecule has 0 fully saturated rings. The average Bonchev–Trinajstić information content (AvgIpc) is 2.33. The molecule has 0 aliphatic heterocycles. The Morgan fingerprint density at radius 2 is 2.11 bits per heavy atom. The van der Waals surface area contributed by atoms with Crippen LogP contribution in [0.3, 0.4) is 0 Å². The normalized spacial score (nSPS) is 10.5. The number of rotatable bonds is 4. The number of aromatic carboxylic acids is 1. The van der Waals surface area contributed by atoms with Crippen molar-refractivity contribution in [1.29, 1.82) is 0 Å². The summed E-state index contributed by atoms with van der Waals surface area (Å²) in [6, 6.07) is 2.94. The lowest BCUT2D eigenvalue weighted by Gasteiger charge is -2.12. The number of nitrogens with one attached hydrogen (secondary N) is 1. The van der Waals surface area contributed by atoms with Gasteiger partial charge in [0.05, 0.1) is 11.1 Å². The monoisotopic (exact) mass is 271 g/mol. The van der Waals surface area contributed by atoms with Crippen molar-refractivity contribution in [3.63, 3.8) is 0 Å². The van der Waals surface area contributed by atoms with E-state index in [1.807, 2.05) is 0 Å². The highest BCUT2D eigenvalue weighted by Gasteiger charge is 2.35. The quantitative estimate of drug-likeness (QED) is 0.653. The zero-order chi connectivity index (χ0) is 14.5. The number of carboxylic acid groups (broad SMARTS) is 1. The largest absolute Gasteiger partial charge is 0.478 e. The first-order valence-electron chi connectivity index (χ1n) is 5.44. The van der Waals surface area contributed by atoms with E-state index in [1.165, 1.54) is 6.07 Å². The lowest BCUT2D eigenvalue weighted by molar-refractivity contribution is -0.138. The van der Waals surface area contributed by atoms with Crippen molar-refractivity contribution in [3.05, 3.63) is 29.3 Å². The second-order valence-electron chi connectivity index (χ2n) is 3.67. The number of anilines is 1. The molecule has 0 bridgehead atoms. The molecule has 0 aliphatic carbocycles. The van der Waals surface area contributed by atoms with Crippen LogP contribution in [-0.4, -0.2) is 17.6 Å². The fourth-order valence-electron chi connectivity index (χ4n) is 1.47. The van der Waals surface area contributed by atoms with Crippen LogP contribution in [0.25, 0.3) is 0 Å². The van der Waals surface area contributed by atoms with Gasteiger partial charge in [0.25, 0.3) is 0 Å². The standard InChI is InChI=1S/C13H12F3NO2/c1-2-3-4-7-17-9-5-6-11(13(14,15)16)10(8-9)12(18)19/h5-6,8,17H,4,7H2,1H3,(H,18,19). The minimum Gasteiger partial charge on any atom is -0.478 e. The first-order chi connectivity index (χ1) is 8.86. The number of alkyl halides is 3. The molecule has 19 heavy (non-hydrogen) atoms. The van der Waals surface area contributed by atoms with E-state index in [2.05, 4.69) is 17.2 Å². The molecule has 0 amide bonds. The molecule has 0 saturated heterocycles. The molecule has 1 aromatic carbocycles. The summed E-state index contributed by atoms with van der Waals surface area (Å²) in [7, 11) is 0. The van der Waals surface area contributed by atoms with Crippen molar-refractivity contribution in [1.82, 2.24) is 0 Å². The molecule has 0 radical (unpaired) electrons. The molecule has 6 heteroatoms. The van der Waals surface area contributed by atoms with Crippen molar-refractivity contribution in [3.8, 4) is 11.8 Å². The Morgan fingerprint density at radius 1 is 1.42 bits per heavy atom. The Kier molecular flexibility index (Phi) is 4.81. The molecule has 0 aromatic heterocycles. The van der Waals surface area contributed by atoms with Gasteiger partial charge in [-0.05, 0) is 25.1 Å². The minimum absolute atomic E-state index is 0.323. The van der Waals surface area contributed by atoms with Gasteiger partial charge in [0, 0.05) is 18.7 Å². The molecule has 2 N–H and O–H groups in total. The Labute approximate surface area is 108 Å². The highest BCUT2D eigenvalue weighted by Crippen LogP contribution is 2.33. The van der Waals surface area contributed by atoms with Crippen LogP contribution in [0.5, 0.6) is 0 Å². The molecule has 0 spiro atoms. The summed E-state index contributed by atoms with van der Waals surface area (Å²) in [5.74, 6) is 3.86. The van der Waals surface area contributed by atoms with E-state index in [9.17, 15) is 18.0 Å². The zero-order valence-electron chi connectivity index (χ0n) is 10.1. The van der Waals surface area contributed by atoms with Crippen LogP contribution in [0.15, 0.2) is 18.2 Å². The highest BCUT2D eigenvalue weighted by molar-refractivity contribution is 5.91. The molecule has 3 nitrogen and oxygen atoms in total. The molecule has 0 saturated carbocycles. The number of carbonyl (C=O) groups is 1. The molecule has 102 valence electrons. The topological polar surface area (TPSA) is 49.3 Å². The van der Waals surface area contributed by atoms with E-state index in [4.69, 9.17) is 5.11 Å². The Morgan fingerprint density at radius 3 is 2.63 bits per heavy atom. The van der Waals surface area contributed by atoms with Gasteiger partial charge in [0.15, 0.2) is 0 Å². The van der Waals surface area contributed by atoms with Crippen molar-refractivity contribution in [2.75, 3.05) is 11.9 Å². The first-order valence-corrected chi connectivity index (χ1v) is 5.44. The van der Waals surface area contributed by atoms with Crippen LogP contribution in [0.2, 0.25) is 0 Å². The third-order valence-corrected chi connectivity index (χ3v) is 2.31. The molecule has 0 aliphatic rings. The van der Waals surface area contributed by atoms with Gasteiger partial charge in [0.2, 0.25) is 0 Å². The summed E-state index contributed by atoms with van der Waals surface area (Å²) in [4.78, 5) is 10.8. The van der Waals surface area contributed by atoms with E-state index in [0.29, 0.717) is 18.7 Å². The fourth-order valence-corrected chi connectivity index (χ4v) is 1.47. The van der Waals surface area contributed by atoms with E-state index in [0.717, 1.165) is 12.1 Å². The van der Waals surface area contributed by atoms with Crippen LogP contribution < -0.4 is 5.32 Å². The third kappa shape index (κ3) is 4.21. The maximum atomic E-state index is 12.6. The molecular weight excluding hydrogens is 259 g/mol. The van der Waals surface area contributed by atoms with Gasteiger partial charge in [-0.3, -0.25) is 0 Å². The van der Waals surface area contributed by atoms with Gasteiger partial charge >= 0.3 is 12.1 Å². The zero-order valence-corrected chi connectivity index (χ0v) is 10.1. The third-order valence-electron chi connectivity index (χ3n) is 2.31. The van der Waals surface area contributed by atoms with Crippen LogP contribution in [-0.2, 0) is 6.18 Å². The predicted octanol–water partition coefficient (Wildman–Crippen LogP) is 3.23. The highest BCUT2D eigenvalue weighted by atomic mass is 19.4. The van der Waals surface area contributed by atoms with E-state index >= 15 is 0 Å². The summed E-state index contributed by atoms with van der Waals surface area (Å²) in [6.07, 6.45) is -4.15. The number of halogens is 3. The number of carboxylic acids is 1. The summed E-state index contributed by atoms with van der Waals surface area (Å²) >= 11 is 0. The Hall–Kier alpha value is -2.16. The summed E-state index contributed by atoms with van der Waals surface area (Å²) in [5.41, 5.74) is -1.60. The average molecular weight is 271 g/mol. The van der Waals surface area contributed by atoms with Crippen molar-refractivity contribution in [2.45, 2.75) is 19.5 Å². The van der Waals surface area contributed by atoms with Crippen LogP contribution in [0, 0.1) is 11.8 Å². The van der Waals surface area contributed by atoms with Gasteiger partial charge in [-0.25, -0.2) is 4.79 Å². The van der Waals surface area contributed by atoms with Gasteiger partial charge < -0.3 is 10.4 Å². The summed E-state index contributed by atoms with van der Waals surface area (Å²) in [6.45, 7) is 2.12. The summed E-state index contributed by atoms with van der Waals surface area (Å²) in [5, 5.41) is 11.6. The predicted molar refractivity (Wildman–Crippen MR) is 65.0 cm³/mol. The lowest BCUT2D eigenvalue weighted by atomic mass is 10.1. The second-order valence-corrected chi connectivity index (χ2v) is 3.67. The smallest absolute Gasteiger partial charge is 0.417 e. The molecule has 1 rings (SSSR count). The number of hydrogen-bond acceptors (Lipinski definition) is 2. The van der Waals surface area contributed by atoms with E-state index in [-0.39, 0.29) is 0 Å². The van der Waals surface area contributed by atoms with Crippen LogP contribution in [0.4, 0.5) is 18.9 Å². The van der Waals surface area contributed by atoms with Gasteiger partial charge in [-0.2, -0.15) is 13.2 Å². The maximum absolute atomic E-state index is 12.6. The van der Waals surface area contributed by atoms with Gasteiger partial charge in [-0.1, -0.05) is 0 Å². The van der Waals surface area contributed by atoms with Crippen molar-refractivity contribution in [2.24, 2.45) is 0 Å². The van der Waals surface area contributed by atoms with Crippen LogP contribution >= 0.6 is 0 Å². The van der Waals surface area contributed by atoms with Crippen LogP contribution in [0.1, 0.15) is 29.3 Å². The minimum atomic E-state index is -4.68. The number of hydrogen-bond donors (Lipinski definition) is 2. The van der Waals surface area contributed by atoms with Crippen molar-refractivity contribution < 1.29 is 23.1 Å². The SMILES string of the molecule is CC#CCCNc1ccc(C(F)(F)F)c(C(=O)O)c1. The number of benzene rings is 1. The Balaban J connectivity index is 2.96. The Bertz CT molecular complexity index is 527. The van der Waals surface area contributed by atoms with Crippen molar-refractivity contribution >= 4 is 11.7 Å². The molecule has 0 unspecified atom stereocenters. The molecule has 0 heterocycles. The van der Waals surface area contributed by atoms with Gasteiger partial charge in [-0.15, -0.1) is 11.8 Å².